The molecule has 0 bridgehead atoms. The molecule has 2 amide bonds. The first kappa shape index (κ1) is 16.1. The summed E-state index contributed by atoms with van der Waals surface area (Å²) < 4.78 is 0. The lowest BCUT2D eigenvalue weighted by Crippen LogP contribution is -2.40. The van der Waals surface area contributed by atoms with Crippen molar-refractivity contribution < 1.29 is 14.4 Å². The lowest BCUT2D eigenvalue weighted by atomic mass is 9.92. The van der Waals surface area contributed by atoms with Crippen LogP contribution in [0.3, 0.4) is 0 Å². The molecule has 0 N–H and O–H groups in total. The Kier molecular flexibility index (Phi) is 3.78. The first-order valence-corrected chi connectivity index (χ1v) is 8.39. The van der Waals surface area contributed by atoms with Crippen LogP contribution < -0.4 is 4.90 Å². The first-order chi connectivity index (χ1) is 12.0. The largest absolute Gasteiger partial charge is 0.378 e. The maximum Gasteiger partial charge on any atom is 0.281 e. The molecule has 4 rings (SSSR count). The summed E-state index contributed by atoms with van der Waals surface area (Å²) in [6, 6.07) is 13.8. The van der Waals surface area contributed by atoms with Gasteiger partial charge in [0, 0.05) is 17.0 Å². The van der Waals surface area contributed by atoms with Gasteiger partial charge in [-0.05, 0) is 24.3 Å². The number of hydrogen-bond acceptors (Lipinski definition) is 4. The van der Waals surface area contributed by atoms with Gasteiger partial charge in [0.1, 0.15) is 0 Å². The Morgan fingerprint density at radius 2 is 1.80 bits per heavy atom. The molecule has 2 aromatic carbocycles. The van der Waals surface area contributed by atoms with Crippen LogP contribution in [0.15, 0.2) is 53.7 Å². The van der Waals surface area contributed by atoms with Crippen molar-refractivity contribution in [1.29, 1.82) is 0 Å². The number of para-hydroxylation sites is 1. The monoisotopic (exact) mass is 374 g/mol. The van der Waals surface area contributed by atoms with Crippen molar-refractivity contribution in [3.63, 3.8) is 0 Å². The number of amides is 2. The molecule has 0 radical (unpaired) electrons. The van der Waals surface area contributed by atoms with E-state index in [0.717, 1.165) is 4.90 Å². The van der Waals surface area contributed by atoms with Crippen LogP contribution in [0.5, 0.6) is 0 Å². The van der Waals surface area contributed by atoms with Gasteiger partial charge in [0.2, 0.25) is 11.5 Å². The van der Waals surface area contributed by atoms with Gasteiger partial charge in [-0.1, -0.05) is 52.6 Å². The SMILES string of the molecule is O=C1C[C@]2(CC(c3ccc(Cl)cc3Cl)=NO2)C(=O)N1c1ccccc1. The van der Waals surface area contributed by atoms with Crippen LogP contribution in [0.1, 0.15) is 18.4 Å². The molecule has 126 valence electrons. The Balaban J connectivity index is 1.63. The second-order valence-electron chi connectivity index (χ2n) is 5.97. The van der Waals surface area contributed by atoms with Crippen LogP contribution in [0.4, 0.5) is 5.69 Å². The van der Waals surface area contributed by atoms with Crippen LogP contribution >= 0.6 is 23.2 Å². The summed E-state index contributed by atoms with van der Waals surface area (Å²) in [7, 11) is 0. The van der Waals surface area contributed by atoms with Crippen molar-refractivity contribution in [3.8, 4) is 0 Å². The lowest BCUT2D eigenvalue weighted by molar-refractivity contribution is -0.136. The van der Waals surface area contributed by atoms with Crippen LogP contribution in [-0.4, -0.2) is 23.1 Å². The van der Waals surface area contributed by atoms with Crippen LogP contribution in [0.2, 0.25) is 10.0 Å². The highest BCUT2D eigenvalue weighted by Crippen LogP contribution is 2.40. The molecule has 5 nitrogen and oxygen atoms in total. The van der Waals surface area contributed by atoms with Gasteiger partial charge < -0.3 is 4.84 Å². The van der Waals surface area contributed by atoms with Crippen molar-refractivity contribution in [2.45, 2.75) is 18.4 Å². The Hall–Kier alpha value is -2.37. The molecule has 25 heavy (non-hydrogen) atoms. The molecule has 0 saturated carbocycles. The molecule has 2 heterocycles. The molecule has 1 atom stereocenters. The highest BCUT2D eigenvalue weighted by molar-refractivity contribution is 6.37. The van der Waals surface area contributed by atoms with E-state index < -0.39 is 11.5 Å². The topological polar surface area (TPSA) is 59.0 Å². The van der Waals surface area contributed by atoms with Crippen molar-refractivity contribution in [1.82, 2.24) is 0 Å². The normalized spacial score (nSPS) is 22.5. The smallest absolute Gasteiger partial charge is 0.281 e. The number of hydrogen-bond donors (Lipinski definition) is 0. The van der Waals surface area contributed by atoms with Gasteiger partial charge in [0.05, 0.1) is 22.8 Å². The minimum absolute atomic E-state index is 0.0566. The third-order valence-electron chi connectivity index (χ3n) is 4.32. The molecule has 1 spiro atoms. The number of anilines is 1. The molecule has 0 aliphatic carbocycles. The van der Waals surface area contributed by atoms with E-state index in [2.05, 4.69) is 5.16 Å². The predicted molar refractivity (Wildman–Crippen MR) is 95.0 cm³/mol. The summed E-state index contributed by atoms with van der Waals surface area (Å²) in [6.45, 7) is 0. The zero-order chi connectivity index (χ0) is 17.6. The van der Waals surface area contributed by atoms with Gasteiger partial charge >= 0.3 is 0 Å². The molecule has 2 aromatic rings. The maximum absolute atomic E-state index is 12.9. The maximum atomic E-state index is 12.9. The number of imide groups is 1. The Labute approximate surface area is 153 Å². The van der Waals surface area contributed by atoms with Gasteiger partial charge in [-0.3, -0.25) is 9.59 Å². The summed E-state index contributed by atoms with van der Waals surface area (Å²) in [6.07, 6.45) is 0.126. The number of nitrogens with zero attached hydrogens (tertiary/aromatic N) is 2. The first-order valence-electron chi connectivity index (χ1n) is 7.63. The van der Waals surface area contributed by atoms with E-state index in [0.29, 0.717) is 27.0 Å². The van der Waals surface area contributed by atoms with E-state index >= 15 is 0 Å². The average molecular weight is 375 g/mol. The second-order valence-corrected chi connectivity index (χ2v) is 6.81. The molecule has 2 aliphatic heterocycles. The number of rotatable bonds is 2. The lowest BCUT2D eigenvalue weighted by Gasteiger charge is -2.19. The third-order valence-corrected chi connectivity index (χ3v) is 4.87. The molecular weight excluding hydrogens is 363 g/mol. The highest BCUT2D eigenvalue weighted by Gasteiger charge is 2.58. The number of carbonyl (C=O) groups excluding carboxylic acids is 2. The van der Waals surface area contributed by atoms with E-state index in [1.165, 1.54) is 0 Å². The summed E-state index contributed by atoms with van der Waals surface area (Å²) in [4.78, 5) is 32.0. The fourth-order valence-electron chi connectivity index (χ4n) is 3.11. The zero-order valence-corrected chi connectivity index (χ0v) is 14.4. The average Bonchev–Trinajstić information content (AvgIpc) is 3.10. The van der Waals surface area contributed by atoms with Crippen molar-refractivity contribution >= 4 is 46.4 Å². The van der Waals surface area contributed by atoms with Gasteiger partial charge in [0.25, 0.3) is 5.91 Å². The van der Waals surface area contributed by atoms with Crippen LogP contribution in [-0.2, 0) is 14.4 Å². The summed E-state index contributed by atoms with van der Waals surface area (Å²) >= 11 is 12.1. The number of halogens is 2. The Bertz CT molecular complexity index is 914. The Morgan fingerprint density at radius 1 is 1.04 bits per heavy atom. The number of oxime groups is 1. The minimum atomic E-state index is -1.30. The van der Waals surface area contributed by atoms with E-state index in [9.17, 15) is 9.59 Å². The van der Waals surface area contributed by atoms with Crippen molar-refractivity contribution in [3.05, 3.63) is 64.1 Å². The summed E-state index contributed by atoms with van der Waals surface area (Å²) in [5, 5.41) is 4.96. The summed E-state index contributed by atoms with van der Waals surface area (Å²) in [5.74, 6) is -0.720. The van der Waals surface area contributed by atoms with Crippen LogP contribution in [0, 0.1) is 0 Å². The van der Waals surface area contributed by atoms with Crippen LogP contribution in [0.25, 0.3) is 0 Å². The highest BCUT2D eigenvalue weighted by atomic mass is 35.5. The minimum Gasteiger partial charge on any atom is -0.378 e. The van der Waals surface area contributed by atoms with Gasteiger partial charge in [-0.15, -0.1) is 0 Å². The fraction of sp³-hybridized carbons (Fsp3) is 0.167. The van der Waals surface area contributed by atoms with E-state index in [1.54, 1.807) is 42.5 Å². The van der Waals surface area contributed by atoms with E-state index in [1.807, 2.05) is 6.07 Å². The Morgan fingerprint density at radius 3 is 2.52 bits per heavy atom. The van der Waals surface area contributed by atoms with Crippen molar-refractivity contribution in [2.24, 2.45) is 5.16 Å². The van der Waals surface area contributed by atoms with Crippen molar-refractivity contribution in [2.75, 3.05) is 4.90 Å². The molecule has 7 heteroatoms. The molecule has 2 aliphatic rings. The molecular formula is C18H12Cl2N2O3. The van der Waals surface area contributed by atoms with Gasteiger partial charge in [-0.2, -0.15) is 0 Å². The molecule has 0 unspecified atom stereocenters. The quantitative estimate of drug-likeness (QED) is 0.750. The standard InChI is InChI=1S/C18H12Cl2N2O3/c19-11-6-7-13(14(20)8-11)15-9-18(25-21-15)10-16(23)22(17(18)24)12-4-2-1-3-5-12/h1-8H,9-10H2/t18-/m1/s1. The molecule has 1 saturated heterocycles. The molecule has 0 aromatic heterocycles. The van der Waals surface area contributed by atoms with Gasteiger partial charge in [-0.25, -0.2) is 4.90 Å². The number of benzene rings is 2. The number of carbonyl (C=O) groups is 2. The second kappa shape index (κ2) is 5.86. The van der Waals surface area contributed by atoms with E-state index in [4.69, 9.17) is 28.0 Å². The molecule has 1 fully saturated rings. The van der Waals surface area contributed by atoms with E-state index in [-0.39, 0.29) is 18.7 Å². The predicted octanol–water partition coefficient (Wildman–Crippen LogP) is 3.82. The van der Waals surface area contributed by atoms with Gasteiger partial charge in [0.15, 0.2) is 0 Å². The zero-order valence-electron chi connectivity index (χ0n) is 12.9. The fourth-order valence-corrected chi connectivity index (χ4v) is 3.63. The summed E-state index contributed by atoms with van der Waals surface area (Å²) in [5.41, 5.74) is 0.389. The third kappa shape index (κ3) is 2.60.